The summed E-state index contributed by atoms with van der Waals surface area (Å²) in [5.41, 5.74) is -0.624. The Balaban J connectivity index is 1.86. The van der Waals surface area contributed by atoms with Crippen LogP contribution in [0.15, 0.2) is 64.1 Å². The Morgan fingerprint density at radius 1 is 1.16 bits per heavy atom. The van der Waals surface area contributed by atoms with Gasteiger partial charge in [-0.3, -0.25) is 4.79 Å². The molecule has 32 heavy (non-hydrogen) atoms. The van der Waals surface area contributed by atoms with E-state index in [-0.39, 0.29) is 34.6 Å². The number of alkyl halides is 3. The molecular formula is C22H18F3N3O4. The van der Waals surface area contributed by atoms with Crippen molar-refractivity contribution in [1.82, 2.24) is 14.7 Å². The Hall–Kier alpha value is -3.79. The summed E-state index contributed by atoms with van der Waals surface area (Å²) < 4.78 is 53.4. The molecule has 0 aliphatic rings. The number of phenols is 1. The first-order valence-corrected chi connectivity index (χ1v) is 9.46. The predicted molar refractivity (Wildman–Crippen MR) is 110 cm³/mol. The quantitative estimate of drug-likeness (QED) is 0.485. The van der Waals surface area contributed by atoms with Gasteiger partial charge in [-0.25, -0.2) is 4.68 Å². The fourth-order valence-corrected chi connectivity index (χ4v) is 3.23. The lowest BCUT2D eigenvalue weighted by atomic mass is 10.1. The van der Waals surface area contributed by atoms with E-state index in [1.54, 1.807) is 43.3 Å². The minimum Gasteiger partial charge on any atom is -0.507 e. The van der Waals surface area contributed by atoms with Gasteiger partial charge in [0, 0.05) is 6.54 Å². The van der Waals surface area contributed by atoms with Gasteiger partial charge in [0.15, 0.2) is 5.75 Å². The molecule has 0 amide bonds. The van der Waals surface area contributed by atoms with Crippen molar-refractivity contribution in [2.24, 2.45) is 0 Å². The summed E-state index contributed by atoms with van der Waals surface area (Å²) in [6.45, 7) is 0.0630. The Morgan fingerprint density at radius 2 is 1.88 bits per heavy atom. The number of para-hydroxylation sites is 1. The van der Waals surface area contributed by atoms with Gasteiger partial charge in [0.05, 0.1) is 29.0 Å². The van der Waals surface area contributed by atoms with Crippen LogP contribution in [0.1, 0.15) is 11.3 Å². The fourth-order valence-electron chi connectivity index (χ4n) is 3.23. The zero-order chi connectivity index (χ0) is 23.0. The lowest BCUT2D eigenvalue weighted by Gasteiger charge is -2.16. The van der Waals surface area contributed by atoms with Gasteiger partial charge in [-0.05, 0) is 38.4 Å². The molecule has 0 atom stereocenters. The van der Waals surface area contributed by atoms with Crippen molar-refractivity contribution < 1.29 is 27.4 Å². The number of halogens is 3. The molecule has 0 unspecified atom stereocenters. The molecule has 2 aromatic carbocycles. The van der Waals surface area contributed by atoms with E-state index in [4.69, 9.17) is 9.15 Å². The van der Waals surface area contributed by atoms with Crippen LogP contribution in [0.3, 0.4) is 0 Å². The third kappa shape index (κ3) is 4.04. The van der Waals surface area contributed by atoms with Crippen LogP contribution in [-0.2, 0) is 12.7 Å². The number of rotatable bonds is 5. The highest BCUT2D eigenvalue weighted by Crippen LogP contribution is 2.40. The molecule has 4 rings (SSSR count). The fraction of sp³-hybridized carbons (Fsp3) is 0.182. The van der Waals surface area contributed by atoms with Crippen LogP contribution in [0.4, 0.5) is 13.2 Å². The molecule has 1 N–H and O–H groups in total. The van der Waals surface area contributed by atoms with Gasteiger partial charge in [0.25, 0.3) is 5.76 Å². The lowest BCUT2D eigenvalue weighted by molar-refractivity contribution is -0.154. The molecule has 166 valence electrons. The minimum atomic E-state index is -5.01. The maximum atomic E-state index is 13.8. The van der Waals surface area contributed by atoms with Gasteiger partial charge in [0.2, 0.25) is 11.2 Å². The molecular weight excluding hydrogens is 427 g/mol. The summed E-state index contributed by atoms with van der Waals surface area (Å²) >= 11 is 0. The smallest absolute Gasteiger partial charge is 0.453 e. The number of aromatic nitrogens is 2. The molecule has 0 saturated carbocycles. The van der Waals surface area contributed by atoms with Crippen LogP contribution in [0.5, 0.6) is 17.2 Å². The highest BCUT2D eigenvalue weighted by Gasteiger charge is 2.41. The largest absolute Gasteiger partial charge is 0.507 e. The number of hydrogen-bond donors (Lipinski definition) is 1. The number of ether oxygens (including phenoxy) is 1. The molecule has 0 aliphatic heterocycles. The van der Waals surface area contributed by atoms with Gasteiger partial charge >= 0.3 is 6.18 Å². The molecule has 2 aromatic heterocycles. The summed E-state index contributed by atoms with van der Waals surface area (Å²) in [6, 6.07) is 11.3. The number of benzene rings is 2. The first-order valence-electron chi connectivity index (χ1n) is 9.46. The van der Waals surface area contributed by atoms with Gasteiger partial charge in [-0.1, -0.05) is 18.2 Å². The van der Waals surface area contributed by atoms with Crippen molar-refractivity contribution in [2.75, 3.05) is 14.1 Å². The third-order valence-electron chi connectivity index (χ3n) is 4.63. The molecule has 0 radical (unpaired) electrons. The van der Waals surface area contributed by atoms with Crippen LogP contribution >= 0.6 is 0 Å². The van der Waals surface area contributed by atoms with Crippen molar-refractivity contribution in [2.45, 2.75) is 12.7 Å². The molecule has 0 fully saturated rings. The zero-order valence-electron chi connectivity index (χ0n) is 17.1. The molecule has 4 aromatic rings. The molecule has 0 saturated heterocycles. The second-order valence-electron chi connectivity index (χ2n) is 7.32. The van der Waals surface area contributed by atoms with E-state index in [1.807, 2.05) is 6.07 Å². The molecule has 0 aliphatic carbocycles. The van der Waals surface area contributed by atoms with Crippen molar-refractivity contribution in [3.8, 4) is 22.9 Å². The summed E-state index contributed by atoms with van der Waals surface area (Å²) in [7, 11) is 3.34. The van der Waals surface area contributed by atoms with Crippen molar-refractivity contribution in [3.05, 3.63) is 76.4 Å². The molecule has 7 nitrogen and oxygen atoms in total. The Kier molecular flexibility index (Phi) is 5.39. The van der Waals surface area contributed by atoms with E-state index >= 15 is 0 Å². The van der Waals surface area contributed by atoms with Gasteiger partial charge in [-0.15, -0.1) is 0 Å². The second kappa shape index (κ2) is 8.04. The van der Waals surface area contributed by atoms with Crippen molar-refractivity contribution in [1.29, 1.82) is 0 Å². The van der Waals surface area contributed by atoms with E-state index in [1.165, 1.54) is 29.2 Å². The standard InChI is InChI=1S/C22H18F3N3O4/c1-27(2)12-16-17(29)9-8-15-18(30)20(21(22(23,24)25)32-19(15)16)31-14-10-26-28(11-14)13-6-4-3-5-7-13/h3-11,29H,12H2,1-2H3. The summed E-state index contributed by atoms with van der Waals surface area (Å²) in [4.78, 5) is 14.6. The molecule has 0 bridgehead atoms. The average Bonchev–Trinajstić information content (AvgIpc) is 3.20. The van der Waals surface area contributed by atoms with Gasteiger partial charge in [0.1, 0.15) is 11.3 Å². The van der Waals surface area contributed by atoms with E-state index < -0.39 is 23.1 Å². The molecule has 0 spiro atoms. The third-order valence-corrected chi connectivity index (χ3v) is 4.63. The summed E-state index contributed by atoms with van der Waals surface area (Å²) in [6.07, 6.45) is -2.46. The number of fused-ring (bicyclic) bond motifs is 1. The molecule has 10 heteroatoms. The van der Waals surface area contributed by atoms with E-state index in [0.717, 1.165) is 0 Å². The maximum absolute atomic E-state index is 13.8. The van der Waals surface area contributed by atoms with Crippen molar-refractivity contribution in [3.63, 3.8) is 0 Å². The summed E-state index contributed by atoms with van der Waals surface area (Å²) in [5.74, 6) is -2.94. The van der Waals surface area contributed by atoms with Crippen LogP contribution in [0.25, 0.3) is 16.7 Å². The maximum Gasteiger partial charge on any atom is 0.453 e. The number of hydrogen-bond acceptors (Lipinski definition) is 6. The zero-order valence-corrected chi connectivity index (χ0v) is 17.1. The normalized spacial score (nSPS) is 11.9. The monoisotopic (exact) mass is 445 g/mol. The van der Waals surface area contributed by atoms with Crippen LogP contribution < -0.4 is 10.2 Å². The Bertz CT molecular complexity index is 1330. The van der Waals surface area contributed by atoms with E-state index in [9.17, 15) is 23.1 Å². The van der Waals surface area contributed by atoms with Crippen molar-refractivity contribution >= 4 is 11.0 Å². The second-order valence-corrected chi connectivity index (χ2v) is 7.32. The van der Waals surface area contributed by atoms with Crippen LogP contribution in [-0.4, -0.2) is 33.9 Å². The highest BCUT2D eigenvalue weighted by atomic mass is 19.4. The number of aromatic hydroxyl groups is 1. The van der Waals surface area contributed by atoms with E-state index in [2.05, 4.69) is 5.10 Å². The topological polar surface area (TPSA) is 80.7 Å². The lowest BCUT2D eigenvalue weighted by Crippen LogP contribution is -2.17. The van der Waals surface area contributed by atoms with E-state index in [0.29, 0.717) is 5.69 Å². The SMILES string of the molecule is CN(C)Cc1c(O)ccc2c(=O)c(Oc3cnn(-c4ccccc4)c3)c(C(F)(F)F)oc12. The molecule has 2 heterocycles. The summed E-state index contributed by atoms with van der Waals surface area (Å²) in [5, 5.41) is 14.1. The highest BCUT2D eigenvalue weighted by molar-refractivity contribution is 5.83. The number of phenolic OH excluding ortho intramolecular Hbond substituents is 1. The Morgan fingerprint density at radius 3 is 2.53 bits per heavy atom. The van der Waals surface area contributed by atoms with Gasteiger partial charge in [-0.2, -0.15) is 18.3 Å². The van der Waals surface area contributed by atoms with Gasteiger partial charge < -0.3 is 19.2 Å². The predicted octanol–water partition coefficient (Wildman–Crippen LogP) is 4.56. The Labute approximate surface area is 179 Å². The minimum absolute atomic E-state index is 0.0630. The number of nitrogens with zero attached hydrogens (tertiary/aromatic N) is 3. The van der Waals surface area contributed by atoms with Crippen LogP contribution in [0, 0.1) is 0 Å². The first-order chi connectivity index (χ1) is 15.1. The first kappa shape index (κ1) is 21.4. The van der Waals surface area contributed by atoms with Crippen LogP contribution in [0.2, 0.25) is 0 Å². The average molecular weight is 445 g/mol.